The van der Waals surface area contributed by atoms with Crippen molar-refractivity contribution in [3.05, 3.63) is 225 Å². The molecule has 0 aliphatic carbocycles. The molecule has 0 fully saturated rings. The first-order chi connectivity index (χ1) is 33.2. The van der Waals surface area contributed by atoms with Gasteiger partial charge in [0, 0.05) is 50.6 Å². The van der Waals surface area contributed by atoms with Gasteiger partial charge in [-0.25, -0.2) is 4.98 Å². The molecular weight excluding hydrogens is 825 g/mol. The number of benzene rings is 9. The van der Waals surface area contributed by atoms with Crippen LogP contribution >= 0.6 is 0 Å². The number of fused-ring (bicyclic) bond motifs is 11. The molecule has 0 atom stereocenters. The third-order valence-corrected chi connectivity index (χ3v) is 13.0. The lowest BCUT2D eigenvalue weighted by Crippen LogP contribution is -2.31. The zero-order valence-electron chi connectivity index (χ0n) is 35.8. The fourth-order valence-electron chi connectivity index (χ4n) is 10.0. The average molecular weight is 861 g/mol. The van der Waals surface area contributed by atoms with Gasteiger partial charge in [0.25, 0.3) is 6.33 Å². The maximum Gasteiger partial charge on any atom is 0.269 e. The van der Waals surface area contributed by atoms with E-state index in [0.717, 1.165) is 116 Å². The molecule has 7 heteroatoms. The van der Waals surface area contributed by atoms with Gasteiger partial charge in [-0.3, -0.25) is 13.7 Å². The third-order valence-electron chi connectivity index (χ3n) is 13.0. The molecule has 14 rings (SSSR count). The highest BCUT2D eigenvalue weighted by Gasteiger charge is 2.23. The summed E-state index contributed by atoms with van der Waals surface area (Å²) in [4.78, 5) is 4.86. The number of nitrogens with zero attached hydrogens (tertiary/aromatic N) is 4. The van der Waals surface area contributed by atoms with Crippen LogP contribution in [0.4, 0.5) is 0 Å². The second kappa shape index (κ2) is 14.7. The summed E-state index contributed by atoms with van der Waals surface area (Å²) in [6, 6.07) is 73.3. The molecule has 314 valence electrons. The smallest absolute Gasteiger partial charge is 0.269 e. The zero-order chi connectivity index (χ0) is 44.0. The molecule has 67 heavy (non-hydrogen) atoms. The summed E-state index contributed by atoms with van der Waals surface area (Å²) in [5.74, 6) is 2.17. The molecule has 0 aliphatic rings. The number of rotatable bonds is 7. The fourth-order valence-corrected chi connectivity index (χ4v) is 10.0. The van der Waals surface area contributed by atoms with Crippen molar-refractivity contribution in [2.24, 2.45) is 0 Å². The van der Waals surface area contributed by atoms with Crippen LogP contribution in [-0.4, -0.2) is 14.1 Å². The molecule has 0 saturated carbocycles. The molecule has 7 nitrogen and oxygen atoms in total. The van der Waals surface area contributed by atoms with E-state index in [4.69, 9.17) is 18.6 Å². The largest absolute Gasteiger partial charge is 0.458 e. The zero-order valence-corrected chi connectivity index (χ0v) is 35.8. The molecule has 5 aromatic heterocycles. The highest BCUT2D eigenvalue weighted by Crippen LogP contribution is 2.43. The van der Waals surface area contributed by atoms with E-state index in [1.54, 1.807) is 0 Å². The number of para-hydroxylation sites is 4. The van der Waals surface area contributed by atoms with E-state index in [1.807, 2.05) is 66.9 Å². The Morgan fingerprint density at radius 1 is 0.463 bits per heavy atom. The Balaban J connectivity index is 0.899. The molecular formula is C60H36N4O3. The molecule has 0 saturated heterocycles. The van der Waals surface area contributed by atoms with Gasteiger partial charge in [0.1, 0.15) is 34.1 Å². The van der Waals surface area contributed by atoms with Crippen LogP contribution in [0.2, 0.25) is 0 Å². The summed E-state index contributed by atoms with van der Waals surface area (Å²) in [5.41, 5.74) is 13.6. The van der Waals surface area contributed by atoms with Gasteiger partial charge in [-0.15, -0.1) is 0 Å². The van der Waals surface area contributed by atoms with Crippen molar-refractivity contribution in [2.45, 2.75) is 0 Å². The average Bonchev–Trinajstić information content (AvgIpc) is 4.15. The second-order valence-electron chi connectivity index (χ2n) is 16.9. The normalized spacial score (nSPS) is 11.9. The summed E-state index contributed by atoms with van der Waals surface area (Å²) >= 11 is 0. The molecule has 0 unspecified atom stereocenters. The van der Waals surface area contributed by atoms with Gasteiger partial charge in [-0.2, -0.15) is 0 Å². The van der Waals surface area contributed by atoms with Crippen molar-refractivity contribution >= 4 is 76.7 Å². The highest BCUT2D eigenvalue weighted by atomic mass is 16.5. The SMILES string of the molecule is [c-]1n(-c2cccc(Oc3ccc4c5ccc6c7cc8c(cc7oc6c5n(-c5ccccn5)c4c3)oc3ccccc38)c2)c2ccccc2[n+]1-c1c(-c2ccccc2)cccc1-c1ccccc1. The van der Waals surface area contributed by atoms with E-state index in [2.05, 4.69) is 172 Å². The molecule has 9 aromatic carbocycles. The first kappa shape index (κ1) is 37.2. The minimum atomic E-state index is 0.693. The van der Waals surface area contributed by atoms with Crippen LogP contribution in [0.3, 0.4) is 0 Å². The topological polar surface area (TPSA) is 62.1 Å². The molecule has 0 aliphatic heterocycles. The predicted octanol–water partition coefficient (Wildman–Crippen LogP) is 15.1. The Kier molecular flexibility index (Phi) is 8.15. The maximum absolute atomic E-state index is 6.81. The quantitative estimate of drug-likeness (QED) is 0.118. The lowest BCUT2D eigenvalue weighted by atomic mass is 9.95. The Labute approximate surface area is 383 Å². The summed E-state index contributed by atoms with van der Waals surface area (Å²) in [6.45, 7) is 0. The van der Waals surface area contributed by atoms with Crippen molar-refractivity contribution in [1.82, 2.24) is 14.1 Å². The standard InChI is InChI=1S/C60H36N4O3/c1-3-15-38(16-4-1)43-22-14-23-44(39-17-5-2-6-18-39)58(43)63-37-62(51-24-8-9-25-52(51)63)40-19-13-20-41(33-40)65-42-28-29-45-47-30-31-48-50-35-49-46-21-7-10-26-54(46)66-55(49)36-56(50)67-60(48)59(47)64(53(45)34-42)57-27-11-12-32-61-57/h1-36H. The van der Waals surface area contributed by atoms with Gasteiger partial charge in [-0.1, -0.05) is 140 Å². The first-order valence-electron chi connectivity index (χ1n) is 22.4. The minimum Gasteiger partial charge on any atom is -0.458 e. The number of pyridine rings is 1. The van der Waals surface area contributed by atoms with E-state index in [0.29, 0.717) is 11.5 Å². The number of hydrogen-bond acceptors (Lipinski definition) is 4. The number of ether oxygens (including phenoxy) is 1. The molecule has 0 amide bonds. The molecule has 14 aromatic rings. The molecule has 5 heterocycles. The van der Waals surface area contributed by atoms with Gasteiger partial charge in [0.05, 0.1) is 33.4 Å². The van der Waals surface area contributed by atoms with Crippen molar-refractivity contribution in [3.63, 3.8) is 0 Å². The summed E-state index contributed by atoms with van der Waals surface area (Å²) in [6.07, 6.45) is 5.62. The second-order valence-corrected chi connectivity index (χ2v) is 16.9. The molecule has 0 spiro atoms. The van der Waals surface area contributed by atoms with Crippen molar-refractivity contribution in [2.75, 3.05) is 0 Å². The van der Waals surface area contributed by atoms with E-state index in [9.17, 15) is 0 Å². The fraction of sp³-hybridized carbons (Fsp3) is 0. The van der Waals surface area contributed by atoms with Crippen LogP contribution in [-0.2, 0) is 0 Å². The van der Waals surface area contributed by atoms with Gasteiger partial charge in [-0.05, 0) is 82.9 Å². The van der Waals surface area contributed by atoms with Crippen molar-refractivity contribution < 1.29 is 18.1 Å². The van der Waals surface area contributed by atoms with Gasteiger partial charge < -0.3 is 13.6 Å². The third kappa shape index (κ3) is 5.85. The van der Waals surface area contributed by atoms with Gasteiger partial charge >= 0.3 is 0 Å². The van der Waals surface area contributed by atoms with Gasteiger partial charge in [0.15, 0.2) is 5.58 Å². The summed E-state index contributed by atoms with van der Waals surface area (Å²) < 4.78 is 26.4. The maximum atomic E-state index is 6.81. The van der Waals surface area contributed by atoms with E-state index in [-0.39, 0.29) is 0 Å². The Morgan fingerprint density at radius 3 is 1.97 bits per heavy atom. The number of imidazole rings is 1. The number of furan rings is 2. The van der Waals surface area contributed by atoms with E-state index < -0.39 is 0 Å². The molecule has 0 N–H and O–H groups in total. The Morgan fingerprint density at radius 2 is 1.15 bits per heavy atom. The lowest BCUT2D eigenvalue weighted by Gasteiger charge is -2.17. The Hall–Kier alpha value is -9.20. The highest BCUT2D eigenvalue weighted by molar-refractivity contribution is 6.23. The van der Waals surface area contributed by atoms with E-state index >= 15 is 0 Å². The van der Waals surface area contributed by atoms with Crippen LogP contribution in [0.5, 0.6) is 11.5 Å². The van der Waals surface area contributed by atoms with Crippen molar-refractivity contribution in [3.8, 4) is 50.9 Å². The summed E-state index contributed by atoms with van der Waals surface area (Å²) in [5, 5.41) is 6.33. The molecule has 0 radical (unpaired) electrons. The lowest BCUT2D eigenvalue weighted by molar-refractivity contribution is -0.571. The van der Waals surface area contributed by atoms with Crippen LogP contribution in [0, 0.1) is 6.33 Å². The number of hydrogen-bond donors (Lipinski definition) is 0. The summed E-state index contributed by atoms with van der Waals surface area (Å²) in [7, 11) is 0. The van der Waals surface area contributed by atoms with Crippen LogP contribution < -0.4 is 9.30 Å². The monoisotopic (exact) mass is 860 g/mol. The van der Waals surface area contributed by atoms with Crippen LogP contribution in [0.15, 0.2) is 227 Å². The van der Waals surface area contributed by atoms with E-state index in [1.165, 1.54) is 0 Å². The van der Waals surface area contributed by atoms with Crippen molar-refractivity contribution in [1.29, 1.82) is 0 Å². The minimum absolute atomic E-state index is 0.693. The molecule has 0 bridgehead atoms. The predicted molar refractivity (Wildman–Crippen MR) is 268 cm³/mol. The van der Waals surface area contributed by atoms with Gasteiger partial charge in [0.2, 0.25) is 0 Å². The van der Waals surface area contributed by atoms with Crippen LogP contribution in [0.1, 0.15) is 0 Å². The number of aromatic nitrogens is 4. The van der Waals surface area contributed by atoms with Crippen LogP contribution in [0.25, 0.3) is 116 Å². The first-order valence-corrected chi connectivity index (χ1v) is 22.4. The Bertz CT molecular complexity index is 4180.